The number of nitrogens with one attached hydrogen (secondary N) is 1. The summed E-state index contributed by atoms with van der Waals surface area (Å²) >= 11 is 1.71. The van der Waals surface area contributed by atoms with Crippen molar-refractivity contribution in [3.8, 4) is 0 Å². The van der Waals surface area contributed by atoms with Crippen LogP contribution in [0.25, 0.3) is 0 Å². The monoisotopic (exact) mass is 297 g/mol. The van der Waals surface area contributed by atoms with Crippen LogP contribution in [0, 0.1) is 0 Å². The topological polar surface area (TPSA) is 64.1 Å². The van der Waals surface area contributed by atoms with E-state index in [2.05, 4.69) is 15.3 Å². The zero-order valence-electron chi connectivity index (χ0n) is 12.4. The molecule has 1 heterocycles. The number of likely N-dealkylation sites (N-methyl/N-ethyl adjacent to an activating group) is 1. The molecule has 0 spiro atoms. The van der Waals surface area contributed by atoms with Gasteiger partial charge in [-0.1, -0.05) is 13.3 Å². The smallest absolute Gasteiger partial charge is 0.325 e. The molecule has 112 valence electrons. The summed E-state index contributed by atoms with van der Waals surface area (Å²) in [6.45, 7) is 4.65. The number of nitrogens with zero attached hydrogens (tertiary/aromatic N) is 2. The maximum Gasteiger partial charge on any atom is 0.325 e. The maximum absolute atomic E-state index is 11.8. The van der Waals surface area contributed by atoms with Crippen molar-refractivity contribution in [1.29, 1.82) is 0 Å². The molecule has 0 saturated carbocycles. The highest BCUT2D eigenvalue weighted by Gasteiger charge is 2.32. The minimum absolute atomic E-state index is 0.192. The predicted octanol–water partition coefficient (Wildman–Crippen LogP) is 2.28. The summed E-state index contributed by atoms with van der Waals surface area (Å²) in [5.74, 6) is 0.795. The predicted molar refractivity (Wildman–Crippen MR) is 80.7 cm³/mol. The number of aromatic nitrogens is 2. The number of thioether (sulfide) groups is 1. The van der Waals surface area contributed by atoms with Gasteiger partial charge in [-0.05, 0) is 38.1 Å². The Kier molecular flexibility index (Phi) is 7.54. The molecule has 0 aliphatic carbocycles. The van der Waals surface area contributed by atoms with Gasteiger partial charge in [-0.25, -0.2) is 9.97 Å². The standard InChI is InChI=1S/C14H23N3O2S/c1-4-17-14(2,13(18)19-3)8-5-6-10-20-12-7-9-15-11-16-12/h7,9,11,17H,4-6,8,10H2,1-3H3. The van der Waals surface area contributed by atoms with Crippen molar-refractivity contribution in [1.82, 2.24) is 15.3 Å². The number of hydrogen-bond donors (Lipinski definition) is 1. The number of rotatable bonds is 9. The quantitative estimate of drug-likeness (QED) is 0.326. The lowest BCUT2D eigenvalue weighted by Crippen LogP contribution is -2.50. The third-order valence-corrected chi connectivity index (χ3v) is 4.11. The molecule has 0 aliphatic rings. The van der Waals surface area contributed by atoms with E-state index >= 15 is 0 Å². The van der Waals surface area contributed by atoms with Crippen LogP contribution in [0.3, 0.4) is 0 Å². The second-order valence-corrected chi connectivity index (χ2v) is 5.82. The molecule has 1 aromatic heterocycles. The van der Waals surface area contributed by atoms with Crippen LogP contribution in [-0.4, -0.2) is 40.9 Å². The zero-order chi connectivity index (χ0) is 14.8. The van der Waals surface area contributed by atoms with E-state index in [1.165, 1.54) is 7.11 Å². The van der Waals surface area contributed by atoms with Crippen molar-refractivity contribution in [3.05, 3.63) is 18.6 Å². The molecule has 1 N–H and O–H groups in total. The molecule has 0 radical (unpaired) electrons. The van der Waals surface area contributed by atoms with Crippen LogP contribution in [0.2, 0.25) is 0 Å². The summed E-state index contributed by atoms with van der Waals surface area (Å²) in [6, 6.07) is 1.90. The first-order valence-corrected chi connectivity index (χ1v) is 7.83. The van der Waals surface area contributed by atoms with Gasteiger partial charge in [0.1, 0.15) is 11.9 Å². The highest BCUT2D eigenvalue weighted by Crippen LogP contribution is 2.19. The van der Waals surface area contributed by atoms with E-state index in [0.717, 1.165) is 36.6 Å². The van der Waals surface area contributed by atoms with Gasteiger partial charge in [-0.2, -0.15) is 0 Å². The molecule has 0 aromatic carbocycles. The number of carbonyl (C=O) groups excluding carboxylic acids is 1. The SMILES string of the molecule is CCNC(C)(CCCCSc1ccncn1)C(=O)OC. The molecule has 1 atom stereocenters. The van der Waals surface area contributed by atoms with Gasteiger partial charge in [0.2, 0.25) is 0 Å². The minimum Gasteiger partial charge on any atom is -0.468 e. The van der Waals surface area contributed by atoms with Crippen LogP contribution in [0.5, 0.6) is 0 Å². The molecule has 0 aliphatic heterocycles. The number of unbranched alkanes of at least 4 members (excludes halogenated alkanes) is 1. The van der Waals surface area contributed by atoms with E-state index in [1.54, 1.807) is 24.3 Å². The Hall–Kier alpha value is -1.14. The molecular formula is C14H23N3O2S. The normalized spacial score (nSPS) is 13.8. The maximum atomic E-state index is 11.8. The second kappa shape index (κ2) is 8.92. The number of hydrogen-bond acceptors (Lipinski definition) is 6. The molecule has 0 saturated heterocycles. The first-order valence-electron chi connectivity index (χ1n) is 6.84. The van der Waals surface area contributed by atoms with Gasteiger partial charge in [0.05, 0.1) is 12.1 Å². The van der Waals surface area contributed by atoms with E-state index in [9.17, 15) is 4.79 Å². The molecular weight excluding hydrogens is 274 g/mol. The second-order valence-electron chi connectivity index (χ2n) is 4.71. The van der Waals surface area contributed by atoms with Gasteiger partial charge in [0.15, 0.2) is 0 Å². The molecule has 0 bridgehead atoms. The first-order chi connectivity index (χ1) is 9.62. The van der Waals surface area contributed by atoms with Crippen molar-refractivity contribution >= 4 is 17.7 Å². The van der Waals surface area contributed by atoms with Crippen LogP contribution in [0.1, 0.15) is 33.1 Å². The van der Waals surface area contributed by atoms with E-state index < -0.39 is 5.54 Å². The first kappa shape index (κ1) is 16.9. The highest BCUT2D eigenvalue weighted by molar-refractivity contribution is 7.99. The van der Waals surface area contributed by atoms with Crippen molar-refractivity contribution in [2.75, 3.05) is 19.4 Å². The van der Waals surface area contributed by atoms with Crippen LogP contribution in [0.15, 0.2) is 23.6 Å². The molecule has 1 aromatic rings. The summed E-state index contributed by atoms with van der Waals surface area (Å²) in [5, 5.41) is 4.20. The zero-order valence-corrected chi connectivity index (χ0v) is 13.2. The van der Waals surface area contributed by atoms with Crippen molar-refractivity contribution in [2.24, 2.45) is 0 Å². The number of carbonyl (C=O) groups is 1. The fourth-order valence-corrected chi connectivity index (χ4v) is 2.84. The van der Waals surface area contributed by atoms with Gasteiger partial charge in [0.25, 0.3) is 0 Å². The Morgan fingerprint density at radius 2 is 2.30 bits per heavy atom. The molecule has 1 rings (SSSR count). The third-order valence-electron chi connectivity index (χ3n) is 3.08. The highest BCUT2D eigenvalue weighted by atomic mass is 32.2. The van der Waals surface area contributed by atoms with E-state index in [1.807, 2.05) is 19.9 Å². The Morgan fingerprint density at radius 1 is 1.50 bits per heavy atom. The fourth-order valence-electron chi connectivity index (χ4n) is 2.00. The molecule has 5 nitrogen and oxygen atoms in total. The average molecular weight is 297 g/mol. The number of esters is 1. The summed E-state index contributed by atoms with van der Waals surface area (Å²) in [5.41, 5.74) is -0.580. The van der Waals surface area contributed by atoms with E-state index in [-0.39, 0.29) is 5.97 Å². The fraction of sp³-hybridized carbons (Fsp3) is 0.643. The average Bonchev–Trinajstić information content (AvgIpc) is 2.47. The minimum atomic E-state index is -0.580. The lowest BCUT2D eigenvalue weighted by Gasteiger charge is -2.27. The third kappa shape index (κ3) is 5.46. The largest absolute Gasteiger partial charge is 0.468 e. The Morgan fingerprint density at radius 3 is 2.90 bits per heavy atom. The summed E-state index contributed by atoms with van der Waals surface area (Å²) < 4.78 is 4.87. The molecule has 6 heteroatoms. The summed E-state index contributed by atoms with van der Waals surface area (Å²) in [4.78, 5) is 19.9. The van der Waals surface area contributed by atoms with Crippen LogP contribution < -0.4 is 5.32 Å². The number of methoxy groups -OCH3 is 1. The molecule has 0 fully saturated rings. The molecule has 20 heavy (non-hydrogen) atoms. The van der Waals surface area contributed by atoms with Gasteiger partial charge < -0.3 is 10.1 Å². The lowest BCUT2D eigenvalue weighted by atomic mass is 9.95. The summed E-state index contributed by atoms with van der Waals surface area (Å²) in [6.07, 6.45) is 6.08. The van der Waals surface area contributed by atoms with E-state index in [0.29, 0.717) is 0 Å². The van der Waals surface area contributed by atoms with Crippen molar-refractivity contribution in [2.45, 2.75) is 43.7 Å². The van der Waals surface area contributed by atoms with Gasteiger partial charge >= 0.3 is 5.97 Å². The molecule has 0 amide bonds. The summed E-state index contributed by atoms with van der Waals surface area (Å²) in [7, 11) is 1.43. The van der Waals surface area contributed by atoms with Gasteiger partial charge in [-0.3, -0.25) is 4.79 Å². The van der Waals surface area contributed by atoms with Crippen molar-refractivity contribution in [3.63, 3.8) is 0 Å². The van der Waals surface area contributed by atoms with Gasteiger partial charge in [0, 0.05) is 6.20 Å². The Balaban J connectivity index is 2.29. The van der Waals surface area contributed by atoms with Crippen LogP contribution in [0.4, 0.5) is 0 Å². The van der Waals surface area contributed by atoms with Crippen LogP contribution in [-0.2, 0) is 9.53 Å². The lowest BCUT2D eigenvalue weighted by molar-refractivity contribution is -0.148. The van der Waals surface area contributed by atoms with E-state index in [4.69, 9.17) is 4.74 Å². The Bertz CT molecular complexity index is 403. The van der Waals surface area contributed by atoms with Crippen molar-refractivity contribution < 1.29 is 9.53 Å². The number of ether oxygens (including phenoxy) is 1. The van der Waals surface area contributed by atoms with Gasteiger partial charge in [-0.15, -0.1) is 11.8 Å². The molecule has 1 unspecified atom stereocenters. The van der Waals surface area contributed by atoms with Crippen LogP contribution >= 0.6 is 11.8 Å². The Labute approximate surface area is 124 Å².